The Morgan fingerprint density at radius 1 is 0.909 bits per heavy atom. The van der Waals surface area contributed by atoms with Crippen LogP contribution in [0.25, 0.3) is 0 Å². The van der Waals surface area contributed by atoms with Crippen LogP contribution in [0.5, 0.6) is 11.5 Å². The van der Waals surface area contributed by atoms with Gasteiger partial charge in [0.25, 0.3) is 0 Å². The first kappa shape index (κ1) is 24.3. The number of rotatable bonds is 12. The monoisotopic (exact) mass is 467 g/mol. The summed E-state index contributed by atoms with van der Waals surface area (Å²) in [5.41, 5.74) is 1.96. The molecule has 0 aliphatic carbocycles. The van der Waals surface area contributed by atoms with Crippen LogP contribution in [0.1, 0.15) is 27.9 Å². The second-order valence-corrected chi connectivity index (χ2v) is 7.69. The molecule has 0 saturated carbocycles. The van der Waals surface area contributed by atoms with Crippen LogP contribution >= 0.6 is 11.6 Å². The molecule has 0 unspecified atom stereocenters. The lowest BCUT2D eigenvalue weighted by molar-refractivity contribution is -0.315. The van der Waals surface area contributed by atoms with Gasteiger partial charge >= 0.3 is 0 Å². The van der Waals surface area contributed by atoms with Gasteiger partial charge in [-0.3, -0.25) is 4.79 Å². The fraction of sp³-hybridized carbons (Fsp3) is 0.231. The highest BCUT2D eigenvalue weighted by Crippen LogP contribution is 2.26. The van der Waals surface area contributed by atoms with Crippen molar-refractivity contribution >= 4 is 23.4 Å². The molecule has 6 nitrogen and oxygen atoms in total. The molecule has 3 aromatic carbocycles. The molecule has 0 bridgehead atoms. The van der Waals surface area contributed by atoms with Crippen LogP contribution in [0.4, 0.5) is 0 Å². The number of ether oxygens (including phenoxy) is 3. The summed E-state index contributed by atoms with van der Waals surface area (Å²) in [6, 6.07) is 21.2. The van der Waals surface area contributed by atoms with Gasteiger partial charge in [-0.1, -0.05) is 48.0 Å². The average molecular weight is 468 g/mol. The third-order valence-electron chi connectivity index (χ3n) is 4.93. The minimum Gasteiger partial charge on any atom is -0.547 e. The first-order chi connectivity index (χ1) is 16.0. The summed E-state index contributed by atoms with van der Waals surface area (Å²) in [5.74, 6) is -0.128. The smallest absolute Gasteiger partial charge is 0.193 e. The predicted molar refractivity (Wildman–Crippen MR) is 123 cm³/mol. The third-order valence-corrected chi connectivity index (χ3v) is 5.23. The third kappa shape index (κ3) is 7.07. The number of carboxylic acids is 1. The zero-order chi connectivity index (χ0) is 23.6. The highest BCUT2D eigenvalue weighted by molar-refractivity contribution is 6.32. The van der Waals surface area contributed by atoms with Crippen molar-refractivity contribution in [2.45, 2.75) is 18.9 Å². The average Bonchev–Trinajstić information content (AvgIpc) is 2.83. The van der Waals surface area contributed by atoms with E-state index in [1.807, 2.05) is 18.2 Å². The molecule has 7 heteroatoms. The largest absolute Gasteiger partial charge is 0.547 e. The van der Waals surface area contributed by atoms with E-state index in [-0.39, 0.29) is 12.2 Å². The Bertz CT molecular complexity index is 1070. The van der Waals surface area contributed by atoms with E-state index in [0.29, 0.717) is 52.8 Å². The summed E-state index contributed by atoms with van der Waals surface area (Å²) >= 11 is 6.24. The van der Waals surface area contributed by atoms with Gasteiger partial charge in [-0.2, -0.15) is 0 Å². The van der Waals surface area contributed by atoms with E-state index >= 15 is 0 Å². The van der Waals surface area contributed by atoms with Crippen LogP contribution in [-0.2, 0) is 16.0 Å². The maximum absolute atomic E-state index is 12.4. The number of methoxy groups -OCH3 is 1. The molecule has 0 N–H and O–H groups in total. The highest BCUT2D eigenvalue weighted by atomic mass is 35.5. The SMILES string of the molecule is CO[C@@H](Cc1ccc(OCCCOc2ccc(C(=O)c3ccccc3)cc2)c(Cl)c1)C(=O)[O-]. The van der Waals surface area contributed by atoms with Crippen molar-refractivity contribution in [3.63, 3.8) is 0 Å². The number of hydrogen-bond acceptors (Lipinski definition) is 6. The molecule has 0 aliphatic heterocycles. The Morgan fingerprint density at radius 2 is 1.58 bits per heavy atom. The zero-order valence-electron chi connectivity index (χ0n) is 18.2. The number of aliphatic carboxylic acids is 1. The molecule has 33 heavy (non-hydrogen) atoms. The van der Waals surface area contributed by atoms with Crippen molar-refractivity contribution < 1.29 is 28.9 Å². The maximum Gasteiger partial charge on any atom is 0.193 e. The van der Waals surface area contributed by atoms with Gasteiger partial charge in [-0.15, -0.1) is 0 Å². The summed E-state index contributed by atoms with van der Waals surface area (Å²) in [5, 5.41) is 11.4. The van der Waals surface area contributed by atoms with Crippen LogP contribution in [-0.4, -0.2) is 38.2 Å². The molecule has 0 saturated heterocycles. The molecule has 3 aromatic rings. The second-order valence-electron chi connectivity index (χ2n) is 7.28. The topological polar surface area (TPSA) is 84.9 Å². The van der Waals surface area contributed by atoms with Gasteiger partial charge in [0.2, 0.25) is 0 Å². The summed E-state index contributed by atoms with van der Waals surface area (Å²) in [7, 11) is 1.32. The number of ketones is 1. The van der Waals surface area contributed by atoms with Crippen molar-refractivity contribution in [1.29, 1.82) is 0 Å². The number of carbonyl (C=O) groups excluding carboxylic acids is 2. The van der Waals surface area contributed by atoms with Crippen molar-refractivity contribution in [3.8, 4) is 11.5 Å². The molecule has 1 atom stereocenters. The van der Waals surface area contributed by atoms with E-state index in [2.05, 4.69) is 0 Å². The fourth-order valence-corrected chi connectivity index (χ4v) is 3.41. The molecular formula is C26H24ClO6-. The number of carbonyl (C=O) groups is 2. The summed E-state index contributed by atoms with van der Waals surface area (Å²) < 4.78 is 16.3. The lowest BCUT2D eigenvalue weighted by atomic mass is 10.0. The Hall–Kier alpha value is -3.35. The van der Waals surface area contributed by atoms with Gasteiger partial charge in [0.15, 0.2) is 5.78 Å². The fourth-order valence-electron chi connectivity index (χ4n) is 3.16. The summed E-state index contributed by atoms with van der Waals surface area (Å²) in [4.78, 5) is 23.4. The van der Waals surface area contributed by atoms with Gasteiger partial charge in [0.1, 0.15) is 17.6 Å². The van der Waals surface area contributed by atoms with Crippen LogP contribution in [0.2, 0.25) is 5.02 Å². The van der Waals surface area contributed by atoms with Crippen LogP contribution in [0, 0.1) is 0 Å². The van der Waals surface area contributed by atoms with Crippen molar-refractivity contribution in [2.75, 3.05) is 20.3 Å². The molecule has 0 heterocycles. The Kier molecular flexibility index (Phi) is 8.87. The van der Waals surface area contributed by atoms with Crippen molar-refractivity contribution in [3.05, 3.63) is 94.5 Å². The summed E-state index contributed by atoms with van der Waals surface area (Å²) in [6.45, 7) is 0.826. The van der Waals surface area contributed by atoms with Gasteiger partial charge in [0, 0.05) is 31.1 Å². The van der Waals surface area contributed by atoms with Crippen molar-refractivity contribution in [2.24, 2.45) is 0 Å². The molecule has 0 fully saturated rings. The van der Waals surface area contributed by atoms with Gasteiger partial charge in [-0.05, 0) is 42.0 Å². The Labute approximate surface area is 197 Å². The second kappa shape index (κ2) is 12.0. The number of carboxylic acid groups (broad SMARTS) is 1. The zero-order valence-corrected chi connectivity index (χ0v) is 18.9. The molecule has 0 radical (unpaired) electrons. The van der Waals surface area contributed by atoms with Gasteiger partial charge < -0.3 is 24.1 Å². The molecule has 3 rings (SSSR count). The minimum atomic E-state index is -1.27. The first-order valence-corrected chi connectivity index (χ1v) is 10.8. The lowest BCUT2D eigenvalue weighted by Crippen LogP contribution is -2.38. The quantitative estimate of drug-likeness (QED) is 0.298. The van der Waals surface area contributed by atoms with Crippen molar-refractivity contribution in [1.82, 2.24) is 0 Å². The van der Waals surface area contributed by atoms with E-state index in [4.69, 9.17) is 25.8 Å². The normalized spacial score (nSPS) is 11.6. The van der Waals surface area contributed by atoms with E-state index in [1.54, 1.807) is 54.6 Å². The maximum atomic E-state index is 12.4. The van der Waals surface area contributed by atoms with Crippen LogP contribution in [0.15, 0.2) is 72.8 Å². The van der Waals surface area contributed by atoms with E-state index in [9.17, 15) is 14.7 Å². The predicted octanol–water partition coefficient (Wildman–Crippen LogP) is 3.73. The van der Waals surface area contributed by atoms with Gasteiger partial charge in [0.05, 0.1) is 24.2 Å². The molecule has 0 aromatic heterocycles. The molecule has 172 valence electrons. The summed E-state index contributed by atoms with van der Waals surface area (Å²) in [6.07, 6.45) is -0.253. The molecule has 0 amide bonds. The highest BCUT2D eigenvalue weighted by Gasteiger charge is 2.12. The minimum absolute atomic E-state index is 0.0317. The number of hydrogen-bond donors (Lipinski definition) is 0. The standard InChI is InChI=1S/C26H25ClO6/c1-31-24(26(29)30)17-18-8-13-23(22(27)16-18)33-15-5-14-32-21-11-9-20(10-12-21)25(28)19-6-3-2-4-7-19/h2-4,6-13,16,24H,5,14-15,17H2,1H3,(H,29,30)/p-1/t24-/m0/s1. The van der Waals surface area contributed by atoms with Crippen LogP contribution in [0.3, 0.4) is 0 Å². The van der Waals surface area contributed by atoms with E-state index in [0.717, 1.165) is 0 Å². The molecule has 0 spiro atoms. The molecular weight excluding hydrogens is 444 g/mol. The van der Waals surface area contributed by atoms with E-state index in [1.165, 1.54) is 7.11 Å². The van der Waals surface area contributed by atoms with Gasteiger partial charge in [-0.25, -0.2) is 0 Å². The Balaban J connectivity index is 1.42. The lowest BCUT2D eigenvalue weighted by Gasteiger charge is -2.17. The molecule has 0 aliphatic rings. The Morgan fingerprint density at radius 3 is 2.21 bits per heavy atom. The first-order valence-electron chi connectivity index (χ1n) is 10.5. The number of benzene rings is 3. The van der Waals surface area contributed by atoms with Crippen LogP contribution < -0.4 is 14.6 Å². The van der Waals surface area contributed by atoms with E-state index < -0.39 is 12.1 Å². The number of halogens is 1.